The molecule has 1 aliphatic rings. The summed E-state index contributed by atoms with van der Waals surface area (Å²) in [5.74, 6) is 1.85. The molecule has 2 rings (SSSR count). The van der Waals surface area contributed by atoms with Gasteiger partial charge in [-0.3, -0.25) is 4.90 Å². The monoisotopic (exact) mass is 247 g/mol. The molecule has 1 atom stereocenters. The summed E-state index contributed by atoms with van der Waals surface area (Å²) in [5.41, 5.74) is 1.19. The lowest BCUT2D eigenvalue weighted by molar-refractivity contribution is 0.175. The lowest BCUT2D eigenvalue weighted by Crippen LogP contribution is -2.34. The fraction of sp³-hybridized carbons (Fsp3) is 0.667. The Morgan fingerprint density at radius 3 is 3.11 bits per heavy atom. The van der Waals surface area contributed by atoms with Crippen molar-refractivity contribution in [2.45, 2.75) is 39.7 Å². The maximum absolute atomic E-state index is 4.68. The minimum atomic E-state index is 0.833. The molecule has 3 nitrogen and oxygen atoms in total. The molecule has 0 saturated carbocycles. The molecular formula is C15H25N3. The van der Waals surface area contributed by atoms with Crippen molar-refractivity contribution in [3.05, 3.63) is 23.9 Å². The smallest absolute Gasteiger partial charge is 0.126 e. The number of anilines is 1. The van der Waals surface area contributed by atoms with Gasteiger partial charge >= 0.3 is 0 Å². The number of pyridine rings is 1. The minimum Gasteiger partial charge on any atom is -0.370 e. The average Bonchev–Trinajstić information content (AvgIpc) is 2.37. The number of piperidine rings is 1. The number of nitrogens with zero attached hydrogens (tertiary/aromatic N) is 2. The molecule has 3 heteroatoms. The molecule has 2 heterocycles. The van der Waals surface area contributed by atoms with Crippen LogP contribution in [0, 0.1) is 5.92 Å². The Kier molecular flexibility index (Phi) is 5.00. The Morgan fingerprint density at radius 1 is 1.44 bits per heavy atom. The number of aromatic nitrogens is 1. The highest BCUT2D eigenvalue weighted by molar-refractivity contribution is 5.35. The molecule has 18 heavy (non-hydrogen) atoms. The van der Waals surface area contributed by atoms with Gasteiger partial charge in [0, 0.05) is 19.6 Å². The molecule has 0 amide bonds. The second-order valence-corrected chi connectivity index (χ2v) is 5.42. The zero-order chi connectivity index (χ0) is 12.8. The summed E-state index contributed by atoms with van der Waals surface area (Å²) in [6.07, 6.45) is 3.84. The first kappa shape index (κ1) is 13.3. The Bertz CT molecular complexity index is 365. The van der Waals surface area contributed by atoms with Crippen LogP contribution in [-0.4, -0.2) is 29.5 Å². The topological polar surface area (TPSA) is 28.2 Å². The molecule has 0 radical (unpaired) electrons. The van der Waals surface area contributed by atoms with Crippen LogP contribution in [0.5, 0.6) is 0 Å². The summed E-state index contributed by atoms with van der Waals surface area (Å²) in [7, 11) is 0. The van der Waals surface area contributed by atoms with E-state index in [0.29, 0.717) is 0 Å². The second kappa shape index (κ2) is 6.74. The van der Waals surface area contributed by atoms with Gasteiger partial charge < -0.3 is 5.32 Å². The predicted molar refractivity (Wildman–Crippen MR) is 76.7 cm³/mol. The zero-order valence-corrected chi connectivity index (χ0v) is 11.7. The molecule has 0 bridgehead atoms. The number of hydrogen-bond acceptors (Lipinski definition) is 3. The van der Waals surface area contributed by atoms with Crippen LogP contribution in [0.2, 0.25) is 0 Å². The van der Waals surface area contributed by atoms with Crippen molar-refractivity contribution in [2.24, 2.45) is 5.92 Å². The number of hydrogen-bond donors (Lipinski definition) is 1. The predicted octanol–water partition coefficient (Wildman–Crippen LogP) is 3.14. The summed E-state index contributed by atoms with van der Waals surface area (Å²) in [4.78, 5) is 7.20. The summed E-state index contributed by atoms with van der Waals surface area (Å²) in [6.45, 7) is 8.95. The maximum Gasteiger partial charge on any atom is 0.126 e. The number of likely N-dealkylation sites (tertiary alicyclic amines) is 1. The molecule has 1 unspecified atom stereocenters. The van der Waals surface area contributed by atoms with E-state index in [-0.39, 0.29) is 0 Å². The maximum atomic E-state index is 4.68. The SMILES string of the molecule is CCCNc1cccc(CN2CCCC(C)C2)n1. The molecule has 0 aliphatic carbocycles. The zero-order valence-electron chi connectivity index (χ0n) is 11.7. The van der Waals surface area contributed by atoms with Crippen LogP contribution >= 0.6 is 0 Å². The molecule has 1 aromatic heterocycles. The van der Waals surface area contributed by atoms with Crippen molar-refractivity contribution in [3.8, 4) is 0 Å². The lowest BCUT2D eigenvalue weighted by Gasteiger charge is -2.30. The third-order valence-corrected chi connectivity index (χ3v) is 3.49. The molecule has 0 aromatic carbocycles. The summed E-state index contributed by atoms with van der Waals surface area (Å²) < 4.78 is 0. The van der Waals surface area contributed by atoms with E-state index < -0.39 is 0 Å². The van der Waals surface area contributed by atoms with Crippen molar-refractivity contribution in [1.29, 1.82) is 0 Å². The molecule has 0 spiro atoms. The first-order valence-corrected chi connectivity index (χ1v) is 7.20. The van der Waals surface area contributed by atoms with E-state index in [1.54, 1.807) is 0 Å². The third kappa shape index (κ3) is 3.98. The van der Waals surface area contributed by atoms with Crippen LogP contribution in [0.4, 0.5) is 5.82 Å². The highest BCUT2D eigenvalue weighted by atomic mass is 15.1. The van der Waals surface area contributed by atoms with Crippen LogP contribution in [0.25, 0.3) is 0 Å². The van der Waals surface area contributed by atoms with E-state index in [0.717, 1.165) is 31.2 Å². The van der Waals surface area contributed by atoms with E-state index in [2.05, 4.69) is 47.2 Å². The molecule has 1 fully saturated rings. The first-order chi connectivity index (χ1) is 8.78. The van der Waals surface area contributed by atoms with E-state index in [9.17, 15) is 0 Å². The standard InChI is InChI=1S/C15H25N3/c1-3-9-16-15-8-4-7-14(17-15)12-18-10-5-6-13(2)11-18/h4,7-8,13H,3,5-6,9-12H2,1-2H3,(H,16,17). The molecule has 1 N–H and O–H groups in total. The lowest BCUT2D eigenvalue weighted by atomic mass is 10.0. The van der Waals surface area contributed by atoms with E-state index in [1.165, 1.54) is 31.6 Å². The molecule has 1 aromatic rings. The van der Waals surface area contributed by atoms with Gasteiger partial charge in [0.2, 0.25) is 0 Å². The van der Waals surface area contributed by atoms with Gasteiger partial charge in [-0.2, -0.15) is 0 Å². The van der Waals surface area contributed by atoms with Crippen LogP contribution in [0.3, 0.4) is 0 Å². The number of nitrogens with one attached hydrogen (secondary N) is 1. The molecule has 100 valence electrons. The molecule has 1 aliphatic heterocycles. The quantitative estimate of drug-likeness (QED) is 0.866. The van der Waals surface area contributed by atoms with Crippen molar-refractivity contribution in [3.63, 3.8) is 0 Å². The largest absolute Gasteiger partial charge is 0.370 e. The summed E-state index contributed by atoms with van der Waals surface area (Å²) >= 11 is 0. The fourth-order valence-electron chi connectivity index (χ4n) is 2.58. The normalized spacial score (nSPS) is 20.9. The number of rotatable bonds is 5. The second-order valence-electron chi connectivity index (χ2n) is 5.42. The van der Waals surface area contributed by atoms with Gasteiger partial charge in [0.15, 0.2) is 0 Å². The van der Waals surface area contributed by atoms with Crippen molar-refractivity contribution < 1.29 is 0 Å². The van der Waals surface area contributed by atoms with Gasteiger partial charge in [-0.25, -0.2) is 4.98 Å². The van der Waals surface area contributed by atoms with E-state index in [4.69, 9.17) is 0 Å². The van der Waals surface area contributed by atoms with Crippen LogP contribution in [-0.2, 0) is 6.54 Å². The summed E-state index contributed by atoms with van der Waals surface area (Å²) in [5, 5.41) is 3.35. The first-order valence-electron chi connectivity index (χ1n) is 7.20. The van der Waals surface area contributed by atoms with Crippen LogP contribution in [0.15, 0.2) is 18.2 Å². The fourth-order valence-corrected chi connectivity index (χ4v) is 2.58. The summed E-state index contributed by atoms with van der Waals surface area (Å²) in [6, 6.07) is 6.29. The molecule has 1 saturated heterocycles. The van der Waals surface area contributed by atoms with Gasteiger partial charge in [0.25, 0.3) is 0 Å². The third-order valence-electron chi connectivity index (χ3n) is 3.49. The van der Waals surface area contributed by atoms with Crippen LogP contribution < -0.4 is 5.32 Å². The van der Waals surface area contributed by atoms with Gasteiger partial charge in [-0.15, -0.1) is 0 Å². The van der Waals surface area contributed by atoms with Crippen molar-refractivity contribution >= 4 is 5.82 Å². The van der Waals surface area contributed by atoms with Gasteiger partial charge in [0.1, 0.15) is 5.82 Å². The van der Waals surface area contributed by atoms with Gasteiger partial charge in [0.05, 0.1) is 5.69 Å². The Morgan fingerprint density at radius 2 is 2.33 bits per heavy atom. The van der Waals surface area contributed by atoms with E-state index >= 15 is 0 Å². The van der Waals surface area contributed by atoms with Crippen molar-refractivity contribution in [2.75, 3.05) is 25.0 Å². The average molecular weight is 247 g/mol. The van der Waals surface area contributed by atoms with Crippen LogP contribution in [0.1, 0.15) is 38.8 Å². The Labute approximate surface area is 111 Å². The Hall–Kier alpha value is -1.09. The van der Waals surface area contributed by atoms with Crippen molar-refractivity contribution in [1.82, 2.24) is 9.88 Å². The highest BCUT2D eigenvalue weighted by Gasteiger charge is 2.16. The van der Waals surface area contributed by atoms with E-state index in [1.807, 2.05) is 0 Å². The Balaban J connectivity index is 1.91. The van der Waals surface area contributed by atoms with Gasteiger partial charge in [-0.1, -0.05) is 19.9 Å². The highest BCUT2D eigenvalue weighted by Crippen LogP contribution is 2.17. The molecular weight excluding hydrogens is 222 g/mol. The minimum absolute atomic E-state index is 0.833. The van der Waals surface area contributed by atoms with Gasteiger partial charge in [-0.05, 0) is 43.9 Å².